The molecule has 0 saturated carbocycles. The van der Waals surface area contributed by atoms with Crippen molar-refractivity contribution in [3.05, 3.63) is 95.8 Å². The Kier molecular flexibility index (Phi) is 6.21. The van der Waals surface area contributed by atoms with Crippen LogP contribution < -0.4 is 0 Å². The number of nitrogens with zero attached hydrogens (tertiary/aromatic N) is 1. The largest absolute Gasteiger partial charge is 0.459 e. The van der Waals surface area contributed by atoms with Gasteiger partial charge in [-0.3, -0.25) is 4.98 Å². The van der Waals surface area contributed by atoms with Crippen LogP contribution in [0.3, 0.4) is 0 Å². The summed E-state index contributed by atoms with van der Waals surface area (Å²) in [7, 11) is -3.48. The molecule has 0 aliphatic rings. The number of rotatable bonds is 7. The van der Waals surface area contributed by atoms with Gasteiger partial charge in [0.05, 0.1) is 16.2 Å². The molecule has 28 heavy (non-hydrogen) atoms. The highest BCUT2D eigenvalue weighted by molar-refractivity contribution is 7.90. The summed E-state index contributed by atoms with van der Waals surface area (Å²) in [5.74, 6) is -0.654. The van der Waals surface area contributed by atoms with Crippen molar-refractivity contribution in [1.82, 2.24) is 4.98 Å². The van der Waals surface area contributed by atoms with Crippen LogP contribution in [0.5, 0.6) is 0 Å². The Morgan fingerprint density at radius 1 is 1.00 bits per heavy atom. The maximum atomic E-state index is 12.5. The topological polar surface area (TPSA) is 73.3 Å². The van der Waals surface area contributed by atoms with E-state index in [1.807, 2.05) is 19.1 Å². The molecule has 6 heteroatoms. The highest BCUT2D eigenvalue weighted by Crippen LogP contribution is 2.18. The van der Waals surface area contributed by atoms with Gasteiger partial charge in [0.2, 0.25) is 0 Å². The zero-order chi connectivity index (χ0) is 20.0. The summed E-state index contributed by atoms with van der Waals surface area (Å²) in [6, 6.07) is 18.6. The number of carbonyl (C=O) groups excluding carboxylic acids is 1. The first-order valence-corrected chi connectivity index (χ1v) is 10.6. The Hall–Kier alpha value is -2.99. The van der Waals surface area contributed by atoms with Crippen LogP contribution in [0, 0.1) is 0 Å². The van der Waals surface area contributed by atoms with Gasteiger partial charge in [0, 0.05) is 18.8 Å². The Balaban J connectivity index is 1.68. The van der Waals surface area contributed by atoms with Crippen molar-refractivity contribution in [2.24, 2.45) is 0 Å². The zero-order valence-corrected chi connectivity index (χ0v) is 16.3. The molecular formula is C22H21NO4S. The number of esters is 1. The SMILES string of the molecule is C[C@@H](Cc1cccnc1)OC(=O)c1cccc(CS(=O)(=O)c2ccccc2)c1. The van der Waals surface area contributed by atoms with E-state index in [2.05, 4.69) is 4.98 Å². The van der Waals surface area contributed by atoms with Gasteiger partial charge in [0.1, 0.15) is 6.10 Å². The summed E-state index contributed by atoms with van der Waals surface area (Å²) in [5, 5.41) is 0. The van der Waals surface area contributed by atoms with Crippen molar-refractivity contribution in [3.63, 3.8) is 0 Å². The van der Waals surface area contributed by atoms with Crippen LogP contribution in [0.4, 0.5) is 0 Å². The lowest BCUT2D eigenvalue weighted by molar-refractivity contribution is 0.0342. The van der Waals surface area contributed by atoms with Gasteiger partial charge in [-0.15, -0.1) is 0 Å². The van der Waals surface area contributed by atoms with Gasteiger partial charge >= 0.3 is 5.97 Å². The number of benzene rings is 2. The van der Waals surface area contributed by atoms with Crippen molar-refractivity contribution >= 4 is 15.8 Å². The first kappa shape index (κ1) is 19.8. The van der Waals surface area contributed by atoms with E-state index in [-0.39, 0.29) is 16.8 Å². The van der Waals surface area contributed by atoms with E-state index in [1.54, 1.807) is 67.0 Å². The summed E-state index contributed by atoms with van der Waals surface area (Å²) in [4.78, 5) is 16.8. The fraction of sp³-hybridized carbons (Fsp3) is 0.182. The van der Waals surface area contributed by atoms with Crippen LogP contribution in [0.15, 0.2) is 84.0 Å². The molecule has 3 aromatic rings. The summed E-state index contributed by atoms with van der Waals surface area (Å²) in [6.45, 7) is 1.81. The number of pyridine rings is 1. The molecule has 0 bridgehead atoms. The molecular weight excluding hydrogens is 374 g/mol. The number of ether oxygens (including phenoxy) is 1. The van der Waals surface area contributed by atoms with Gasteiger partial charge in [-0.05, 0) is 48.4 Å². The van der Waals surface area contributed by atoms with Crippen LogP contribution in [0.1, 0.15) is 28.4 Å². The van der Waals surface area contributed by atoms with E-state index in [0.29, 0.717) is 17.5 Å². The number of aromatic nitrogens is 1. The molecule has 1 heterocycles. The van der Waals surface area contributed by atoms with Crippen molar-refractivity contribution in [1.29, 1.82) is 0 Å². The van der Waals surface area contributed by atoms with Crippen LogP contribution >= 0.6 is 0 Å². The minimum Gasteiger partial charge on any atom is -0.459 e. The average Bonchev–Trinajstić information content (AvgIpc) is 2.69. The maximum Gasteiger partial charge on any atom is 0.338 e. The molecule has 1 aromatic heterocycles. The summed E-state index contributed by atoms with van der Waals surface area (Å²) >= 11 is 0. The smallest absolute Gasteiger partial charge is 0.338 e. The third-order valence-electron chi connectivity index (χ3n) is 4.18. The second-order valence-electron chi connectivity index (χ2n) is 6.55. The maximum absolute atomic E-state index is 12.5. The molecule has 0 fully saturated rings. The van der Waals surface area contributed by atoms with E-state index in [4.69, 9.17) is 4.74 Å². The monoisotopic (exact) mass is 395 g/mol. The Labute approximate surface area is 164 Å². The fourth-order valence-electron chi connectivity index (χ4n) is 2.86. The molecule has 0 radical (unpaired) electrons. The lowest BCUT2D eigenvalue weighted by atomic mass is 10.1. The molecule has 1 atom stereocenters. The molecule has 2 aromatic carbocycles. The van der Waals surface area contributed by atoms with Crippen LogP contribution in [-0.4, -0.2) is 25.5 Å². The van der Waals surface area contributed by atoms with Gasteiger partial charge in [-0.25, -0.2) is 13.2 Å². The second-order valence-corrected chi connectivity index (χ2v) is 8.54. The van der Waals surface area contributed by atoms with E-state index in [9.17, 15) is 13.2 Å². The molecule has 0 amide bonds. The molecule has 0 N–H and O–H groups in total. The van der Waals surface area contributed by atoms with Crippen LogP contribution in [0.2, 0.25) is 0 Å². The van der Waals surface area contributed by atoms with Crippen molar-refractivity contribution < 1.29 is 17.9 Å². The van der Waals surface area contributed by atoms with Crippen molar-refractivity contribution in [2.75, 3.05) is 0 Å². The number of hydrogen-bond donors (Lipinski definition) is 0. The molecule has 0 spiro atoms. The normalized spacial score (nSPS) is 12.3. The molecule has 144 valence electrons. The first-order valence-electron chi connectivity index (χ1n) is 8.91. The molecule has 3 rings (SSSR count). The molecule has 0 aliphatic heterocycles. The molecule has 5 nitrogen and oxygen atoms in total. The Morgan fingerprint density at radius 2 is 1.75 bits per heavy atom. The second kappa shape index (κ2) is 8.80. The van der Waals surface area contributed by atoms with Crippen LogP contribution in [-0.2, 0) is 26.7 Å². The number of sulfone groups is 1. The highest BCUT2D eigenvalue weighted by atomic mass is 32.2. The molecule has 0 aliphatic carbocycles. The third-order valence-corrected chi connectivity index (χ3v) is 5.88. The highest BCUT2D eigenvalue weighted by Gasteiger charge is 2.17. The Bertz CT molecular complexity index is 1030. The minimum atomic E-state index is -3.48. The first-order chi connectivity index (χ1) is 13.4. The molecule has 0 saturated heterocycles. The van der Waals surface area contributed by atoms with Crippen molar-refractivity contribution in [2.45, 2.75) is 30.1 Å². The van der Waals surface area contributed by atoms with Crippen LogP contribution in [0.25, 0.3) is 0 Å². The third kappa shape index (κ3) is 5.27. The zero-order valence-electron chi connectivity index (χ0n) is 15.5. The fourth-order valence-corrected chi connectivity index (χ4v) is 4.22. The number of carbonyl (C=O) groups is 1. The van der Waals surface area contributed by atoms with E-state index in [1.165, 1.54) is 0 Å². The predicted molar refractivity (Wildman–Crippen MR) is 107 cm³/mol. The summed E-state index contributed by atoms with van der Waals surface area (Å²) < 4.78 is 30.6. The lowest BCUT2D eigenvalue weighted by Crippen LogP contribution is -2.17. The molecule has 0 unspecified atom stereocenters. The lowest BCUT2D eigenvalue weighted by Gasteiger charge is -2.13. The van der Waals surface area contributed by atoms with Gasteiger partial charge in [0.25, 0.3) is 0 Å². The quantitative estimate of drug-likeness (QED) is 0.568. The van der Waals surface area contributed by atoms with Gasteiger partial charge in [-0.2, -0.15) is 0 Å². The standard InChI is InChI=1S/C22H21NO4S/c1-17(13-18-8-6-12-23-15-18)27-22(24)20-9-5-7-19(14-20)16-28(25,26)21-10-3-2-4-11-21/h2-12,14-15,17H,13,16H2,1H3/t17-/m0/s1. The number of hydrogen-bond acceptors (Lipinski definition) is 5. The van der Waals surface area contributed by atoms with E-state index < -0.39 is 15.8 Å². The van der Waals surface area contributed by atoms with E-state index >= 15 is 0 Å². The van der Waals surface area contributed by atoms with Gasteiger partial charge in [0.15, 0.2) is 9.84 Å². The van der Waals surface area contributed by atoms with E-state index in [0.717, 1.165) is 5.56 Å². The van der Waals surface area contributed by atoms with Gasteiger partial charge in [-0.1, -0.05) is 36.4 Å². The van der Waals surface area contributed by atoms with Gasteiger partial charge < -0.3 is 4.74 Å². The average molecular weight is 395 g/mol. The Morgan fingerprint density at radius 3 is 2.46 bits per heavy atom. The predicted octanol–water partition coefficient (Wildman–Crippen LogP) is 3.84. The summed E-state index contributed by atoms with van der Waals surface area (Å²) in [6.07, 6.45) is 3.66. The minimum absolute atomic E-state index is 0.177. The summed E-state index contributed by atoms with van der Waals surface area (Å²) in [5.41, 5.74) is 1.85. The van der Waals surface area contributed by atoms with Crippen molar-refractivity contribution in [3.8, 4) is 0 Å².